The molecule has 2 N–H and O–H groups in total. The monoisotopic (exact) mass is 286 g/mol. The molecule has 0 aromatic heterocycles. The first-order chi connectivity index (χ1) is 10.0. The van der Waals surface area contributed by atoms with Crippen molar-refractivity contribution in [3.05, 3.63) is 70.5 Å². The van der Waals surface area contributed by atoms with Crippen LogP contribution in [0.25, 0.3) is 0 Å². The zero-order valence-corrected chi connectivity index (χ0v) is 12.9. The minimum Gasteiger partial charge on any atom is -0.329 e. The van der Waals surface area contributed by atoms with Crippen LogP contribution in [0.15, 0.2) is 42.5 Å². The normalized spacial score (nSPS) is 12.7. The Kier molecular flexibility index (Phi) is 5.10. The van der Waals surface area contributed by atoms with Crippen LogP contribution in [-0.2, 0) is 6.54 Å². The number of aryl methyl sites for hydroxylation is 2. The third-order valence-corrected chi connectivity index (χ3v) is 3.85. The first kappa shape index (κ1) is 15.7. The molecule has 112 valence electrons. The lowest BCUT2D eigenvalue weighted by molar-refractivity contribution is 0.241. The van der Waals surface area contributed by atoms with E-state index in [0.29, 0.717) is 12.1 Å². The Balaban J connectivity index is 2.18. The van der Waals surface area contributed by atoms with E-state index in [4.69, 9.17) is 5.73 Å². The Morgan fingerprint density at radius 1 is 1.14 bits per heavy atom. The molecule has 2 aromatic carbocycles. The lowest BCUT2D eigenvalue weighted by atomic mass is 10.0. The third-order valence-electron chi connectivity index (χ3n) is 3.85. The average molecular weight is 286 g/mol. The average Bonchev–Trinajstić information content (AvgIpc) is 2.43. The fraction of sp³-hybridized carbons (Fsp3) is 0.333. The van der Waals surface area contributed by atoms with Crippen molar-refractivity contribution >= 4 is 0 Å². The Labute approximate surface area is 126 Å². The SMILES string of the molecule is Cc1cccc(CN(C)C(CN)c2ccc(C)c(F)c2)c1. The number of likely N-dealkylation sites (N-methyl/N-ethyl adjacent to an activating group) is 1. The van der Waals surface area contributed by atoms with Crippen molar-refractivity contribution in [3.63, 3.8) is 0 Å². The van der Waals surface area contributed by atoms with Crippen molar-refractivity contribution in [3.8, 4) is 0 Å². The van der Waals surface area contributed by atoms with Crippen molar-refractivity contribution in [2.24, 2.45) is 5.73 Å². The predicted molar refractivity (Wildman–Crippen MR) is 85.6 cm³/mol. The maximum absolute atomic E-state index is 13.8. The number of hydrogen-bond donors (Lipinski definition) is 1. The van der Waals surface area contributed by atoms with Crippen molar-refractivity contribution < 1.29 is 4.39 Å². The van der Waals surface area contributed by atoms with Gasteiger partial charge in [0.1, 0.15) is 5.82 Å². The number of nitrogens with two attached hydrogens (primary N) is 1. The molecule has 0 saturated carbocycles. The first-order valence-electron chi connectivity index (χ1n) is 7.23. The van der Waals surface area contributed by atoms with Gasteiger partial charge in [0.2, 0.25) is 0 Å². The molecule has 2 rings (SSSR count). The van der Waals surface area contributed by atoms with Gasteiger partial charge >= 0.3 is 0 Å². The van der Waals surface area contributed by atoms with E-state index >= 15 is 0 Å². The number of hydrogen-bond acceptors (Lipinski definition) is 2. The van der Waals surface area contributed by atoms with E-state index in [9.17, 15) is 4.39 Å². The highest BCUT2D eigenvalue weighted by Crippen LogP contribution is 2.22. The van der Waals surface area contributed by atoms with Crippen LogP contribution in [0.3, 0.4) is 0 Å². The quantitative estimate of drug-likeness (QED) is 0.910. The second-order valence-corrected chi connectivity index (χ2v) is 5.66. The molecule has 1 unspecified atom stereocenters. The number of rotatable bonds is 5. The molecule has 0 fully saturated rings. The Morgan fingerprint density at radius 2 is 1.90 bits per heavy atom. The van der Waals surface area contributed by atoms with Gasteiger partial charge in [-0.1, -0.05) is 42.0 Å². The zero-order chi connectivity index (χ0) is 15.4. The summed E-state index contributed by atoms with van der Waals surface area (Å²) in [4.78, 5) is 2.17. The molecule has 21 heavy (non-hydrogen) atoms. The molecular formula is C18H23FN2. The van der Waals surface area contributed by atoms with Gasteiger partial charge in [-0.2, -0.15) is 0 Å². The summed E-state index contributed by atoms with van der Waals surface area (Å²) >= 11 is 0. The summed E-state index contributed by atoms with van der Waals surface area (Å²) in [7, 11) is 2.03. The maximum Gasteiger partial charge on any atom is 0.126 e. The van der Waals surface area contributed by atoms with E-state index in [2.05, 4.69) is 36.1 Å². The minimum absolute atomic E-state index is 0.0145. The zero-order valence-electron chi connectivity index (χ0n) is 12.9. The van der Waals surface area contributed by atoms with Gasteiger partial charge in [0.05, 0.1) is 0 Å². The number of benzene rings is 2. The topological polar surface area (TPSA) is 29.3 Å². The summed E-state index contributed by atoms with van der Waals surface area (Å²) < 4.78 is 13.8. The second-order valence-electron chi connectivity index (χ2n) is 5.66. The molecular weight excluding hydrogens is 263 g/mol. The van der Waals surface area contributed by atoms with Gasteiger partial charge in [-0.3, -0.25) is 4.90 Å². The van der Waals surface area contributed by atoms with Gasteiger partial charge in [-0.05, 0) is 43.7 Å². The van der Waals surface area contributed by atoms with Gasteiger partial charge in [-0.15, -0.1) is 0 Å². The van der Waals surface area contributed by atoms with Gasteiger partial charge in [-0.25, -0.2) is 4.39 Å². The van der Waals surface area contributed by atoms with Gasteiger partial charge in [0, 0.05) is 19.1 Å². The number of halogens is 1. The largest absolute Gasteiger partial charge is 0.329 e. The molecule has 2 nitrogen and oxygen atoms in total. The van der Waals surface area contributed by atoms with Crippen LogP contribution in [0.5, 0.6) is 0 Å². The number of nitrogens with zero attached hydrogens (tertiary/aromatic N) is 1. The highest BCUT2D eigenvalue weighted by Gasteiger charge is 2.16. The minimum atomic E-state index is -0.171. The second kappa shape index (κ2) is 6.83. The summed E-state index contributed by atoms with van der Waals surface area (Å²) in [6, 6.07) is 13.8. The molecule has 1 atom stereocenters. The predicted octanol–water partition coefficient (Wildman–Crippen LogP) is 3.57. The van der Waals surface area contributed by atoms with Crippen LogP contribution in [0.4, 0.5) is 4.39 Å². The van der Waals surface area contributed by atoms with E-state index in [1.807, 2.05) is 19.2 Å². The van der Waals surface area contributed by atoms with Crippen molar-refractivity contribution in [2.75, 3.05) is 13.6 Å². The molecule has 0 amide bonds. The van der Waals surface area contributed by atoms with Crippen LogP contribution in [0.2, 0.25) is 0 Å². The highest BCUT2D eigenvalue weighted by atomic mass is 19.1. The third kappa shape index (κ3) is 3.90. The van der Waals surface area contributed by atoms with Crippen LogP contribution in [0, 0.1) is 19.7 Å². The summed E-state index contributed by atoms with van der Waals surface area (Å²) in [6.07, 6.45) is 0. The van der Waals surface area contributed by atoms with E-state index in [1.54, 1.807) is 13.0 Å². The van der Waals surface area contributed by atoms with E-state index in [1.165, 1.54) is 11.1 Å². The Morgan fingerprint density at radius 3 is 2.52 bits per heavy atom. The molecule has 0 saturated heterocycles. The summed E-state index contributed by atoms with van der Waals surface area (Å²) in [5.41, 5.74) is 9.98. The summed E-state index contributed by atoms with van der Waals surface area (Å²) in [5, 5.41) is 0. The first-order valence-corrected chi connectivity index (χ1v) is 7.23. The van der Waals surface area contributed by atoms with Gasteiger partial charge in [0.15, 0.2) is 0 Å². The molecule has 0 heterocycles. The molecule has 0 spiro atoms. The van der Waals surface area contributed by atoms with E-state index in [0.717, 1.165) is 12.1 Å². The standard InChI is InChI=1S/C18H23FN2/c1-13-5-4-6-15(9-13)12-21(3)18(11-20)16-8-7-14(2)17(19)10-16/h4-10,18H,11-12,20H2,1-3H3. The van der Waals surface area contributed by atoms with E-state index < -0.39 is 0 Å². The Hall–Kier alpha value is -1.71. The molecule has 0 aliphatic heterocycles. The molecule has 3 heteroatoms. The fourth-order valence-electron chi connectivity index (χ4n) is 2.60. The summed E-state index contributed by atoms with van der Waals surface area (Å²) in [6.45, 7) is 5.11. The van der Waals surface area contributed by atoms with Crippen LogP contribution >= 0.6 is 0 Å². The lowest BCUT2D eigenvalue weighted by Crippen LogP contribution is -2.30. The molecule has 0 aliphatic carbocycles. The fourth-order valence-corrected chi connectivity index (χ4v) is 2.60. The van der Waals surface area contributed by atoms with E-state index in [-0.39, 0.29) is 11.9 Å². The lowest BCUT2D eigenvalue weighted by Gasteiger charge is -2.27. The van der Waals surface area contributed by atoms with Crippen LogP contribution in [0.1, 0.15) is 28.3 Å². The van der Waals surface area contributed by atoms with Crippen molar-refractivity contribution in [1.82, 2.24) is 4.90 Å². The smallest absolute Gasteiger partial charge is 0.126 e. The van der Waals surface area contributed by atoms with Crippen LogP contribution in [-0.4, -0.2) is 18.5 Å². The maximum atomic E-state index is 13.8. The molecule has 0 bridgehead atoms. The molecule has 0 radical (unpaired) electrons. The van der Waals surface area contributed by atoms with Gasteiger partial charge in [0.25, 0.3) is 0 Å². The Bertz CT molecular complexity index is 610. The van der Waals surface area contributed by atoms with Gasteiger partial charge < -0.3 is 5.73 Å². The van der Waals surface area contributed by atoms with Crippen LogP contribution < -0.4 is 5.73 Å². The molecule has 2 aromatic rings. The molecule has 0 aliphatic rings. The van der Waals surface area contributed by atoms with Crippen molar-refractivity contribution in [2.45, 2.75) is 26.4 Å². The summed E-state index contributed by atoms with van der Waals surface area (Å²) in [5.74, 6) is -0.171. The highest BCUT2D eigenvalue weighted by molar-refractivity contribution is 5.27. The van der Waals surface area contributed by atoms with Crippen molar-refractivity contribution in [1.29, 1.82) is 0 Å².